The zero-order chi connectivity index (χ0) is 16.3. The van der Waals surface area contributed by atoms with Crippen LogP contribution in [0.25, 0.3) is 0 Å². The van der Waals surface area contributed by atoms with Gasteiger partial charge in [-0.25, -0.2) is 0 Å². The third-order valence-electron chi connectivity index (χ3n) is 3.75. The van der Waals surface area contributed by atoms with Crippen LogP contribution in [0.1, 0.15) is 26.6 Å². The number of aryl methyl sites for hydroxylation is 1. The SMILES string of the molecule is Cc1ccccc1C(=O)NCC(O)(c1ccco1)c1cccs1. The van der Waals surface area contributed by atoms with E-state index in [4.69, 9.17) is 4.42 Å². The number of hydrogen-bond donors (Lipinski definition) is 2. The highest BCUT2D eigenvalue weighted by atomic mass is 32.1. The first-order valence-corrected chi connectivity index (χ1v) is 8.13. The Kier molecular flexibility index (Phi) is 4.32. The second kappa shape index (κ2) is 6.40. The number of furan rings is 1. The minimum atomic E-state index is -1.38. The minimum Gasteiger partial charge on any atom is -0.466 e. The number of thiophene rings is 1. The Labute approximate surface area is 138 Å². The van der Waals surface area contributed by atoms with Crippen LogP contribution in [0.2, 0.25) is 0 Å². The van der Waals surface area contributed by atoms with Crippen molar-refractivity contribution in [3.8, 4) is 0 Å². The summed E-state index contributed by atoms with van der Waals surface area (Å²) in [5, 5.41) is 15.8. The smallest absolute Gasteiger partial charge is 0.251 e. The summed E-state index contributed by atoms with van der Waals surface area (Å²) in [6.45, 7) is 1.92. The van der Waals surface area contributed by atoms with Gasteiger partial charge in [0.1, 0.15) is 5.76 Å². The van der Waals surface area contributed by atoms with Crippen LogP contribution >= 0.6 is 11.3 Å². The van der Waals surface area contributed by atoms with E-state index in [1.807, 2.05) is 42.6 Å². The molecule has 0 fully saturated rings. The van der Waals surface area contributed by atoms with E-state index in [1.165, 1.54) is 17.6 Å². The van der Waals surface area contributed by atoms with Gasteiger partial charge in [-0.3, -0.25) is 4.79 Å². The van der Waals surface area contributed by atoms with Crippen molar-refractivity contribution in [1.82, 2.24) is 5.32 Å². The first-order chi connectivity index (χ1) is 11.1. The summed E-state index contributed by atoms with van der Waals surface area (Å²) in [5.74, 6) is 0.190. The summed E-state index contributed by atoms with van der Waals surface area (Å²) in [6, 6.07) is 14.5. The molecule has 3 aromatic rings. The fourth-order valence-corrected chi connectivity index (χ4v) is 3.28. The third kappa shape index (κ3) is 3.06. The van der Waals surface area contributed by atoms with Crippen LogP contribution in [0, 0.1) is 6.92 Å². The van der Waals surface area contributed by atoms with Gasteiger partial charge in [-0.15, -0.1) is 11.3 Å². The Morgan fingerprint density at radius 3 is 2.70 bits per heavy atom. The van der Waals surface area contributed by atoms with Gasteiger partial charge in [0, 0.05) is 10.4 Å². The molecule has 0 bridgehead atoms. The second-order valence-electron chi connectivity index (χ2n) is 5.31. The van der Waals surface area contributed by atoms with E-state index in [-0.39, 0.29) is 12.5 Å². The van der Waals surface area contributed by atoms with Gasteiger partial charge in [-0.1, -0.05) is 24.3 Å². The maximum atomic E-state index is 12.4. The molecule has 23 heavy (non-hydrogen) atoms. The van der Waals surface area contributed by atoms with Crippen molar-refractivity contribution in [2.75, 3.05) is 6.54 Å². The van der Waals surface area contributed by atoms with Gasteiger partial charge in [0.25, 0.3) is 5.91 Å². The van der Waals surface area contributed by atoms with Gasteiger partial charge in [0.05, 0.1) is 12.8 Å². The first kappa shape index (κ1) is 15.5. The highest BCUT2D eigenvalue weighted by molar-refractivity contribution is 7.10. The number of benzene rings is 1. The predicted octanol–water partition coefficient (Wildman–Crippen LogP) is 3.32. The fraction of sp³-hybridized carbons (Fsp3) is 0.167. The van der Waals surface area contributed by atoms with Crippen molar-refractivity contribution in [2.24, 2.45) is 0 Å². The average molecular weight is 327 g/mol. The molecule has 4 nitrogen and oxygen atoms in total. The summed E-state index contributed by atoms with van der Waals surface area (Å²) < 4.78 is 5.39. The minimum absolute atomic E-state index is 0.0359. The molecule has 1 aromatic carbocycles. The Hall–Kier alpha value is -2.37. The van der Waals surface area contributed by atoms with Crippen molar-refractivity contribution in [1.29, 1.82) is 0 Å². The normalized spacial score (nSPS) is 13.5. The van der Waals surface area contributed by atoms with Gasteiger partial charge in [-0.2, -0.15) is 0 Å². The molecule has 0 aliphatic carbocycles. The highest BCUT2D eigenvalue weighted by Gasteiger charge is 2.36. The van der Waals surface area contributed by atoms with Crippen molar-refractivity contribution in [3.63, 3.8) is 0 Å². The number of nitrogens with one attached hydrogen (secondary N) is 1. The van der Waals surface area contributed by atoms with E-state index >= 15 is 0 Å². The molecule has 118 valence electrons. The molecule has 0 spiro atoms. The van der Waals surface area contributed by atoms with Crippen LogP contribution in [-0.2, 0) is 5.60 Å². The molecule has 2 aromatic heterocycles. The van der Waals surface area contributed by atoms with Crippen LogP contribution in [0.4, 0.5) is 0 Å². The second-order valence-corrected chi connectivity index (χ2v) is 6.26. The Balaban J connectivity index is 1.84. The zero-order valence-electron chi connectivity index (χ0n) is 12.7. The van der Waals surface area contributed by atoms with E-state index in [9.17, 15) is 9.90 Å². The summed E-state index contributed by atoms with van der Waals surface area (Å²) in [6.07, 6.45) is 1.51. The van der Waals surface area contributed by atoms with Gasteiger partial charge >= 0.3 is 0 Å². The van der Waals surface area contributed by atoms with Gasteiger partial charge in [-0.05, 0) is 42.1 Å². The third-order valence-corrected chi connectivity index (χ3v) is 4.77. The lowest BCUT2D eigenvalue weighted by molar-refractivity contribution is 0.0554. The Morgan fingerprint density at radius 2 is 2.04 bits per heavy atom. The summed E-state index contributed by atoms with van der Waals surface area (Å²) >= 11 is 1.42. The van der Waals surface area contributed by atoms with E-state index in [0.29, 0.717) is 11.3 Å². The molecular weight excluding hydrogens is 310 g/mol. The molecule has 0 saturated heterocycles. The average Bonchev–Trinajstić information content (AvgIpc) is 3.25. The van der Waals surface area contributed by atoms with Gasteiger partial charge in [0.2, 0.25) is 0 Å². The lowest BCUT2D eigenvalue weighted by Crippen LogP contribution is -2.41. The molecule has 2 heterocycles. The standard InChI is InChI=1S/C18H17NO3S/c1-13-6-2-3-7-14(13)17(20)19-12-18(21,15-8-4-10-22-15)16-9-5-11-23-16/h2-11,21H,12H2,1H3,(H,19,20). The molecule has 0 aliphatic rings. The number of hydrogen-bond acceptors (Lipinski definition) is 4. The molecule has 0 saturated carbocycles. The first-order valence-electron chi connectivity index (χ1n) is 7.25. The molecular formula is C18H17NO3S. The van der Waals surface area contributed by atoms with Gasteiger partial charge in [0.15, 0.2) is 5.60 Å². The Bertz CT molecular complexity index is 744. The molecule has 1 unspecified atom stereocenters. The topological polar surface area (TPSA) is 62.5 Å². The lowest BCUT2D eigenvalue weighted by atomic mass is 9.98. The molecule has 0 aliphatic heterocycles. The highest BCUT2D eigenvalue weighted by Crippen LogP contribution is 2.32. The monoisotopic (exact) mass is 327 g/mol. The predicted molar refractivity (Wildman–Crippen MR) is 89.5 cm³/mol. The number of rotatable bonds is 5. The van der Waals surface area contributed by atoms with Crippen molar-refractivity contribution < 1.29 is 14.3 Å². The molecule has 2 N–H and O–H groups in total. The van der Waals surface area contributed by atoms with Crippen molar-refractivity contribution >= 4 is 17.2 Å². The van der Waals surface area contributed by atoms with Crippen molar-refractivity contribution in [2.45, 2.75) is 12.5 Å². The van der Waals surface area contributed by atoms with E-state index < -0.39 is 5.60 Å². The number of carbonyl (C=O) groups excluding carboxylic acids is 1. The lowest BCUT2D eigenvalue weighted by Gasteiger charge is -2.25. The van der Waals surface area contributed by atoms with Crippen LogP contribution in [0.15, 0.2) is 64.6 Å². The zero-order valence-corrected chi connectivity index (χ0v) is 13.5. The molecule has 0 radical (unpaired) electrons. The maximum absolute atomic E-state index is 12.4. The molecule has 1 amide bonds. The van der Waals surface area contributed by atoms with E-state index in [0.717, 1.165) is 10.4 Å². The van der Waals surface area contributed by atoms with Gasteiger partial charge < -0.3 is 14.8 Å². The van der Waals surface area contributed by atoms with Crippen LogP contribution in [0.3, 0.4) is 0 Å². The maximum Gasteiger partial charge on any atom is 0.251 e. The van der Waals surface area contributed by atoms with Crippen molar-refractivity contribution in [3.05, 3.63) is 81.9 Å². The summed E-state index contributed by atoms with van der Waals surface area (Å²) in [4.78, 5) is 13.1. The molecule has 3 rings (SSSR count). The molecule has 5 heteroatoms. The number of aliphatic hydroxyl groups is 1. The van der Waals surface area contributed by atoms with E-state index in [1.54, 1.807) is 18.2 Å². The summed E-state index contributed by atoms with van der Waals surface area (Å²) in [5.41, 5.74) is 0.110. The number of carbonyl (C=O) groups is 1. The van der Waals surface area contributed by atoms with Crippen LogP contribution < -0.4 is 5.32 Å². The van der Waals surface area contributed by atoms with Crippen LogP contribution in [0.5, 0.6) is 0 Å². The van der Waals surface area contributed by atoms with E-state index in [2.05, 4.69) is 5.32 Å². The molecule has 1 atom stereocenters. The fourth-order valence-electron chi connectivity index (χ4n) is 2.45. The quantitative estimate of drug-likeness (QED) is 0.756. The number of amides is 1. The Morgan fingerprint density at radius 1 is 1.22 bits per heavy atom. The van der Waals surface area contributed by atoms with Crippen LogP contribution in [-0.4, -0.2) is 17.6 Å². The largest absolute Gasteiger partial charge is 0.466 e. The summed E-state index contributed by atoms with van der Waals surface area (Å²) in [7, 11) is 0.